The molecule has 0 spiro atoms. The molecule has 1 aromatic carbocycles. The van der Waals surface area contributed by atoms with E-state index in [4.69, 9.17) is 6.42 Å². The van der Waals surface area contributed by atoms with E-state index in [1.54, 1.807) is 6.07 Å². The zero-order chi connectivity index (χ0) is 16.3. The van der Waals surface area contributed by atoms with Crippen LogP contribution in [0, 0.1) is 12.3 Å². The van der Waals surface area contributed by atoms with Crippen molar-refractivity contribution in [3.8, 4) is 18.1 Å². The second kappa shape index (κ2) is 6.41. The summed E-state index contributed by atoms with van der Waals surface area (Å²) in [4.78, 5) is 14.4. The Hall–Kier alpha value is -2.35. The molecule has 1 N–H and O–H groups in total. The lowest BCUT2D eigenvalue weighted by Gasteiger charge is -2.21. The highest BCUT2D eigenvalue weighted by Gasteiger charge is 2.39. The number of terminal acetylenes is 1. The van der Waals surface area contributed by atoms with Crippen LogP contribution in [0.3, 0.4) is 0 Å². The number of carbonyl (C=O) groups is 1. The summed E-state index contributed by atoms with van der Waals surface area (Å²) >= 11 is 0. The topological polar surface area (TPSA) is 65.3 Å². The summed E-state index contributed by atoms with van der Waals surface area (Å²) in [7, 11) is 0. The van der Waals surface area contributed by atoms with E-state index in [2.05, 4.69) is 16.1 Å². The first-order chi connectivity index (χ1) is 11.1. The smallest absolute Gasteiger partial charge is 0.222 e. The standard InChI is InChI=1S/C18H21N3O2/c1-2-3-10-18(19-20-18)11-7-17(23)21-12-8-14-5-4-6-16(22)15(14)9-13-21/h1,4-6,22H,3,7-13H2. The molecule has 2 aliphatic rings. The van der Waals surface area contributed by atoms with Crippen LogP contribution in [0.4, 0.5) is 0 Å². The Balaban J connectivity index is 1.54. The Morgan fingerprint density at radius 2 is 2.09 bits per heavy atom. The van der Waals surface area contributed by atoms with Gasteiger partial charge in [0.1, 0.15) is 5.75 Å². The Kier molecular flexibility index (Phi) is 4.33. The molecule has 1 aromatic rings. The van der Waals surface area contributed by atoms with Crippen molar-refractivity contribution in [2.75, 3.05) is 13.1 Å². The van der Waals surface area contributed by atoms with Crippen LogP contribution in [-0.4, -0.2) is 34.7 Å². The van der Waals surface area contributed by atoms with Crippen molar-refractivity contribution in [2.24, 2.45) is 10.2 Å². The Morgan fingerprint density at radius 3 is 2.83 bits per heavy atom. The molecule has 0 aromatic heterocycles. The number of amides is 1. The van der Waals surface area contributed by atoms with Crippen LogP contribution in [0.25, 0.3) is 0 Å². The summed E-state index contributed by atoms with van der Waals surface area (Å²) < 4.78 is 0. The Labute approximate surface area is 136 Å². The van der Waals surface area contributed by atoms with Gasteiger partial charge >= 0.3 is 0 Å². The first-order valence-electron chi connectivity index (χ1n) is 8.09. The molecule has 0 saturated heterocycles. The fraction of sp³-hybridized carbons (Fsp3) is 0.500. The monoisotopic (exact) mass is 311 g/mol. The van der Waals surface area contributed by atoms with Gasteiger partial charge in [-0.2, -0.15) is 10.2 Å². The quantitative estimate of drug-likeness (QED) is 0.850. The zero-order valence-corrected chi connectivity index (χ0v) is 13.2. The molecule has 0 aliphatic carbocycles. The molecule has 0 radical (unpaired) electrons. The molecule has 23 heavy (non-hydrogen) atoms. The molecule has 1 amide bonds. The van der Waals surface area contributed by atoms with Crippen LogP contribution in [-0.2, 0) is 17.6 Å². The summed E-state index contributed by atoms with van der Waals surface area (Å²) in [6, 6.07) is 5.60. The molecular weight excluding hydrogens is 290 g/mol. The lowest BCUT2D eigenvalue weighted by molar-refractivity contribution is -0.131. The van der Waals surface area contributed by atoms with E-state index in [1.807, 2.05) is 17.0 Å². The summed E-state index contributed by atoms with van der Waals surface area (Å²) in [5.74, 6) is 3.07. The number of aromatic hydroxyl groups is 1. The summed E-state index contributed by atoms with van der Waals surface area (Å²) in [5.41, 5.74) is 1.72. The number of phenolic OH excluding ortho intramolecular Hbond substituents is 1. The molecule has 120 valence electrons. The number of carbonyl (C=O) groups excluding carboxylic acids is 1. The van der Waals surface area contributed by atoms with Gasteiger partial charge in [-0.15, -0.1) is 12.3 Å². The van der Waals surface area contributed by atoms with Crippen molar-refractivity contribution in [1.29, 1.82) is 0 Å². The second-order valence-corrected chi connectivity index (χ2v) is 6.18. The third kappa shape index (κ3) is 3.53. The van der Waals surface area contributed by atoms with Gasteiger partial charge in [0.15, 0.2) is 5.66 Å². The SMILES string of the molecule is C#CCCC1(CCC(=O)N2CCc3cccc(O)c3CC2)N=N1. The number of nitrogens with zero attached hydrogens (tertiary/aromatic N) is 3. The number of rotatable bonds is 5. The number of benzene rings is 1. The minimum atomic E-state index is -0.394. The summed E-state index contributed by atoms with van der Waals surface area (Å²) in [6.07, 6.45) is 9.22. The molecule has 5 heteroatoms. The van der Waals surface area contributed by atoms with Crippen LogP contribution < -0.4 is 0 Å². The van der Waals surface area contributed by atoms with E-state index in [9.17, 15) is 9.90 Å². The molecular formula is C18H21N3O2. The van der Waals surface area contributed by atoms with Crippen LogP contribution in [0.5, 0.6) is 5.75 Å². The van der Waals surface area contributed by atoms with Gasteiger partial charge in [0.2, 0.25) is 5.91 Å². The van der Waals surface area contributed by atoms with Crippen LogP contribution in [0.2, 0.25) is 0 Å². The van der Waals surface area contributed by atoms with Crippen LogP contribution >= 0.6 is 0 Å². The van der Waals surface area contributed by atoms with E-state index in [0.717, 1.165) is 24.0 Å². The van der Waals surface area contributed by atoms with Crippen molar-refractivity contribution in [3.05, 3.63) is 29.3 Å². The largest absolute Gasteiger partial charge is 0.508 e. The van der Waals surface area contributed by atoms with Crippen LogP contribution in [0.1, 0.15) is 36.8 Å². The van der Waals surface area contributed by atoms with Gasteiger partial charge in [0.25, 0.3) is 0 Å². The summed E-state index contributed by atoms with van der Waals surface area (Å²) in [6.45, 7) is 1.34. The maximum Gasteiger partial charge on any atom is 0.222 e. The van der Waals surface area contributed by atoms with Gasteiger partial charge in [0, 0.05) is 38.8 Å². The predicted molar refractivity (Wildman–Crippen MR) is 87.0 cm³/mol. The van der Waals surface area contributed by atoms with Crippen molar-refractivity contribution in [3.63, 3.8) is 0 Å². The van der Waals surface area contributed by atoms with Crippen LogP contribution in [0.15, 0.2) is 28.4 Å². The molecule has 5 nitrogen and oxygen atoms in total. The van der Waals surface area contributed by atoms with E-state index in [0.29, 0.717) is 44.5 Å². The van der Waals surface area contributed by atoms with Crippen molar-refractivity contribution >= 4 is 5.91 Å². The maximum atomic E-state index is 12.5. The Morgan fingerprint density at radius 1 is 1.30 bits per heavy atom. The predicted octanol–water partition coefficient (Wildman–Crippen LogP) is 2.68. The molecule has 2 aliphatic heterocycles. The van der Waals surface area contributed by atoms with Gasteiger partial charge in [-0.05, 0) is 30.0 Å². The van der Waals surface area contributed by atoms with Crippen molar-refractivity contribution in [1.82, 2.24) is 4.90 Å². The highest BCUT2D eigenvalue weighted by atomic mass is 16.3. The van der Waals surface area contributed by atoms with Crippen molar-refractivity contribution < 1.29 is 9.90 Å². The molecule has 0 unspecified atom stereocenters. The molecule has 3 rings (SSSR count). The van der Waals surface area contributed by atoms with Crippen molar-refractivity contribution in [2.45, 2.75) is 44.2 Å². The normalized spacial score (nSPS) is 18.0. The Bertz CT molecular complexity index is 669. The first-order valence-corrected chi connectivity index (χ1v) is 8.09. The van der Waals surface area contributed by atoms with Gasteiger partial charge < -0.3 is 10.0 Å². The van der Waals surface area contributed by atoms with E-state index in [-0.39, 0.29) is 5.91 Å². The minimum absolute atomic E-state index is 0.134. The fourth-order valence-electron chi connectivity index (χ4n) is 3.14. The second-order valence-electron chi connectivity index (χ2n) is 6.18. The average Bonchev–Trinajstić information content (AvgIpc) is 3.35. The number of fused-ring (bicyclic) bond motifs is 1. The maximum absolute atomic E-state index is 12.5. The van der Waals surface area contributed by atoms with Gasteiger partial charge in [-0.25, -0.2) is 0 Å². The number of hydrogen-bond acceptors (Lipinski definition) is 4. The third-order valence-electron chi connectivity index (χ3n) is 4.68. The fourth-order valence-corrected chi connectivity index (χ4v) is 3.14. The zero-order valence-electron chi connectivity index (χ0n) is 13.2. The highest BCUT2D eigenvalue weighted by molar-refractivity contribution is 5.76. The van der Waals surface area contributed by atoms with E-state index in [1.165, 1.54) is 0 Å². The number of phenols is 1. The average molecular weight is 311 g/mol. The van der Waals surface area contributed by atoms with Gasteiger partial charge in [-0.3, -0.25) is 4.79 Å². The lowest BCUT2D eigenvalue weighted by Crippen LogP contribution is -2.34. The summed E-state index contributed by atoms with van der Waals surface area (Å²) in [5, 5.41) is 18.1. The first kappa shape index (κ1) is 15.5. The van der Waals surface area contributed by atoms with E-state index >= 15 is 0 Å². The third-order valence-corrected chi connectivity index (χ3v) is 4.68. The number of hydrogen-bond donors (Lipinski definition) is 1. The molecule has 0 fully saturated rings. The van der Waals surface area contributed by atoms with Gasteiger partial charge in [0.05, 0.1) is 0 Å². The molecule has 0 bridgehead atoms. The molecule has 2 heterocycles. The van der Waals surface area contributed by atoms with E-state index < -0.39 is 5.66 Å². The lowest BCUT2D eigenvalue weighted by atomic mass is 10.0. The molecule has 0 saturated carbocycles. The van der Waals surface area contributed by atoms with Gasteiger partial charge in [-0.1, -0.05) is 12.1 Å². The highest BCUT2D eigenvalue weighted by Crippen LogP contribution is 2.37. The minimum Gasteiger partial charge on any atom is -0.508 e. The molecule has 0 atom stereocenters.